The van der Waals surface area contributed by atoms with Gasteiger partial charge in [-0.15, -0.1) is 0 Å². The number of methoxy groups -OCH3 is 1. The zero-order valence-corrected chi connectivity index (χ0v) is 13.5. The second kappa shape index (κ2) is 6.42. The Labute approximate surface area is 118 Å². The minimum atomic E-state index is 0.305. The van der Waals surface area contributed by atoms with Crippen molar-refractivity contribution in [3.8, 4) is 5.75 Å². The minimum absolute atomic E-state index is 0.305. The number of hydrogen-bond acceptors (Lipinski definition) is 2. The van der Waals surface area contributed by atoms with Crippen LogP contribution in [0.15, 0.2) is 18.2 Å². The first-order valence-electron chi connectivity index (χ1n) is 7.13. The summed E-state index contributed by atoms with van der Waals surface area (Å²) in [7, 11) is 1.73. The second-order valence-electron chi connectivity index (χ2n) is 6.64. The van der Waals surface area contributed by atoms with Crippen molar-refractivity contribution in [2.75, 3.05) is 13.7 Å². The van der Waals surface area contributed by atoms with Crippen LogP contribution < -0.4 is 10.1 Å². The van der Waals surface area contributed by atoms with Gasteiger partial charge >= 0.3 is 0 Å². The van der Waals surface area contributed by atoms with Crippen molar-refractivity contribution in [1.82, 2.24) is 5.32 Å². The lowest BCUT2D eigenvalue weighted by atomic mass is 9.82. The third-order valence-electron chi connectivity index (χ3n) is 4.06. The molecule has 2 atom stereocenters. The molecule has 0 saturated heterocycles. The molecule has 2 heteroatoms. The van der Waals surface area contributed by atoms with Crippen LogP contribution >= 0.6 is 0 Å². The second-order valence-corrected chi connectivity index (χ2v) is 6.64. The molecule has 2 unspecified atom stereocenters. The Morgan fingerprint density at radius 3 is 2.37 bits per heavy atom. The lowest BCUT2D eigenvalue weighted by Crippen LogP contribution is -2.31. The van der Waals surface area contributed by atoms with Gasteiger partial charge in [0.25, 0.3) is 0 Å². The van der Waals surface area contributed by atoms with Gasteiger partial charge in [0.1, 0.15) is 5.75 Å². The first-order chi connectivity index (χ1) is 8.75. The molecule has 0 aliphatic rings. The smallest absolute Gasteiger partial charge is 0.123 e. The number of ether oxygens (including phenoxy) is 1. The molecule has 0 radical (unpaired) electrons. The standard InChI is InChI=1S/C17H29NO/c1-12-8-9-16(19-7)15(10-12)14(3)18-11-13(2)17(4,5)6/h8-10,13-14,18H,11H2,1-7H3. The van der Waals surface area contributed by atoms with E-state index >= 15 is 0 Å². The maximum Gasteiger partial charge on any atom is 0.123 e. The molecule has 1 N–H and O–H groups in total. The number of hydrogen-bond donors (Lipinski definition) is 1. The summed E-state index contributed by atoms with van der Waals surface area (Å²) in [5, 5.41) is 3.63. The Balaban J connectivity index is 2.73. The van der Waals surface area contributed by atoms with E-state index in [9.17, 15) is 0 Å². The summed E-state index contributed by atoms with van der Waals surface area (Å²) >= 11 is 0. The topological polar surface area (TPSA) is 21.3 Å². The summed E-state index contributed by atoms with van der Waals surface area (Å²) < 4.78 is 5.46. The van der Waals surface area contributed by atoms with E-state index in [1.165, 1.54) is 11.1 Å². The van der Waals surface area contributed by atoms with E-state index in [1.54, 1.807) is 7.11 Å². The van der Waals surface area contributed by atoms with Crippen LogP contribution in [0.4, 0.5) is 0 Å². The Hall–Kier alpha value is -1.02. The molecule has 0 amide bonds. The fraction of sp³-hybridized carbons (Fsp3) is 0.647. The zero-order chi connectivity index (χ0) is 14.6. The molecule has 1 rings (SSSR count). The van der Waals surface area contributed by atoms with Crippen molar-refractivity contribution in [2.24, 2.45) is 11.3 Å². The normalized spacial score (nSPS) is 15.1. The van der Waals surface area contributed by atoms with Crippen molar-refractivity contribution >= 4 is 0 Å². The van der Waals surface area contributed by atoms with E-state index < -0.39 is 0 Å². The summed E-state index contributed by atoms with van der Waals surface area (Å²) in [5.74, 6) is 1.60. The molecule has 108 valence electrons. The lowest BCUT2D eigenvalue weighted by molar-refractivity contribution is 0.246. The Bertz CT molecular complexity index is 406. The van der Waals surface area contributed by atoms with Crippen LogP contribution in [0, 0.1) is 18.3 Å². The van der Waals surface area contributed by atoms with E-state index in [2.05, 4.69) is 65.1 Å². The molecule has 0 aliphatic heterocycles. The summed E-state index contributed by atoms with van der Waals surface area (Å²) in [4.78, 5) is 0. The Morgan fingerprint density at radius 2 is 1.84 bits per heavy atom. The fourth-order valence-electron chi connectivity index (χ4n) is 1.96. The van der Waals surface area contributed by atoms with Crippen molar-refractivity contribution in [1.29, 1.82) is 0 Å². The fourth-order valence-corrected chi connectivity index (χ4v) is 1.96. The highest BCUT2D eigenvalue weighted by atomic mass is 16.5. The molecular formula is C17H29NO. The molecule has 19 heavy (non-hydrogen) atoms. The first-order valence-corrected chi connectivity index (χ1v) is 7.13. The lowest BCUT2D eigenvalue weighted by Gasteiger charge is -2.29. The third-order valence-corrected chi connectivity index (χ3v) is 4.06. The van der Waals surface area contributed by atoms with Gasteiger partial charge in [0, 0.05) is 11.6 Å². The molecule has 0 aromatic heterocycles. The van der Waals surface area contributed by atoms with Gasteiger partial charge in [-0.3, -0.25) is 0 Å². The van der Waals surface area contributed by atoms with Crippen molar-refractivity contribution in [3.63, 3.8) is 0 Å². The summed E-state index contributed by atoms with van der Waals surface area (Å²) in [5.41, 5.74) is 2.85. The molecule has 2 nitrogen and oxygen atoms in total. The zero-order valence-electron chi connectivity index (χ0n) is 13.5. The van der Waals surface area contributed by atoms with Crippen molar-refractivity contribution in [3.05, 3.63) is 29.3 Å². The predicted octanol–water partition coefficient (Wildman–Crippen LogP) is 4.34. The van der Waals surface area contributed by atoms with Crippen LogP contribution in [0.5, 0.6) is 5.75 Å². The van der Waals surface area contributed by atoms with Gasteiger partial charge in [0.2, 0.25) is 0 Å². The van der Waals surface area contributed by atoms with Crippen molar-refractivity contribution in [2.45, 2.75) is 47.6 Å². The molecule has 1 aromatic rings. The summed E-state index contributed by atoms with van der Waals surface area (Å²) in [6.07, 6.45) is 0. The van der Waals surface area contributed by atoms with E-state index in [4.69, 9.17) is 4.74 Å². The molecule has 1 aromatic carbocycles. The van der Waals surface area contributed by atoms with Gasteiger partial charge in [-0.1, -0.05) is 45.4 Å². The highest BCUT2D eigenvalue weighted by molar-refractivity contribution is 5.38. The maximum atomic E-state index is 5.46. The van der Waals surface area contributed by atoms with Gasteiger partial charge in [-0.25, -0.2) is 0 Å². The monoisotopic (exact) mass is 263 g/mol. The van der Waals surface area contributed by atoms with E-state index in [1.807, 2.05) is 0 Å². The molecular weight excluding hydrogens is 234 g/mol. The number of rotatable bonds is 5. The van der Waals surface area contributed by atoms with Crippen LogP contribution in [0.1, 0.15) is 51.8 Å². The minimum Gasteiger partial charge on any atom is -0.496 e. The first kappa shape index (κ1) is 16.0. The third kappa shape index (κ3) is 4.54. The number of benzene rings is 1. The molecule has 0 fully saturated rings. The molecule has 0 bridgehead atoms. The average molecular weight is 263 g/mol. The van der Waals surface area contributed by atoms with Crippen LogP contribution in [-0.4, -0.2) is 13.7 Å². The van der Waals surface area contributed by atoms with Gasteiger partial charge in [0.15, 0.2) is 0 Å². The average Bonchev–Trinajstić information content (AvgIpc) is 2.34. The Morgan fingerprint density at radius 1 is 1.21 bits per heavy atom. The molecule has 0 spiro atoms. The molecule has 0 saturated carbocycles. The summed E-state index contributed by atoms with van der Waals surface area (Å²) in [6.45, 7) is 14.5. The van der Waals surface area contributed by atoms with E-state index in [0.29, 0.717) is 17.4 Å². The summed E-state index contributed by atoms with van der Waals surface area (Å²) in [6, 6.07) is 6.65. The van der Waals surface area contributed by atoms with Crippen LogP contribution in [-0.2, 0) is 0 Å². The highest BCUT2D eigenvalue weighted by Gasteiger charge is 2.21. The van der Waals surface area contributed by atoms with Crippen LogP contribution in [0.25, 0.3) is 0 Å². The Kier molecular flexibility index (Phi) is 5.42. The van der Waals surface area contributed by atoms with Crippen LogP contribution in [0.3, 0.4) is 0 Å². The van der Waals surface area contributed by atoms with E-state index in [0.717, 1.165) is 12.3 Å². The number of nitrogens with one attached hydrogen (secondary N) is 1. The largest absolute Gasteiger partial charge is 0.496 e. The molecule has 0 aliphatic carbocycles. The van der Waals surface area contributed by atoms with Gasteiger partial charge < -0.3 is 10.1 Å². The van der Waals surface area contributed by atoms with E-state index in [-0.39, 0.29) is 0 Å². The van der Waals surface area contributed by atoms with Crippen LogP contribution in [0.2, 0.25) is 0 Å². The van der Waals surface area contributed by atoms with Gasteiger partial charge in [0.05, 0.1) is 7.11 Å². The van der Waals surface area contributed by atoms with Crippen molar-refractivity contribution < 1.29 is 4.74 Å². The number of aryl methyl sites for hydroxylation is 1. The van der Waals surface area contributed by atoms with Gasteiger partial charge in [-0.2, -0.15) is 0 Å². The maximum absolute atomic E-state index is 5.46. The SMILES string of the molecule is COc1ccc(C)cc1C(C)NCC(C)C(C)(C)C. The van der Waals surface area contributed by atoms with Gasteiger partial charge in [-0.05, 0) is 37.8 Å². The highest BCUT2D eigenvalue weighted by Crippen LogP contribution is 2.28. The molecule has 0 heterocycles. The quantitative estimate of drug-likeness (QED) is 0.853. The predicted molar refractivity (Wildman–Crippen MR) is 82.8 cm³/mol.